The summed E-state index contributed by atoms with van der Waals surface area (Å²) in [4.78, 5) is 19.0. The fourth-order valence-corrected chi connectivity index (χ4v) is 2.39. The highest BCUT2D eigenvalue weighted by Gasteiger charge is 2.15. The number of hydrogen-bond donors (Lipinski definition) is 3. The Morgan fingerprint density at radius 2 is 1.88 bits per heavy atom. The van der Waals surface area contributed by atoms with E-state index in [4.69, 9.17) is 11.6 Å². The van der Waals surface area contributed by atoms with Gasteiger partial charge in [0.2, 0.25) is 5.28 Å². The van der Waals surface area contributed by atoms with Crippen LogP contribution in [0.2, 0.25) is 5.28 Å². The average molecular weight is 366 g/mol. The normalized spacial score (nSPS) is 12.0. The van der Waals surface area contributed by atoms with Crippen LogP contribution in [0.15, 0.2) is 24.5 Å². The van der Waals surface area contributed by atoms with Crippen LogP contribution in [-0.2, 0) is 0 Å². The first-order valence-electron chi connectivity index (χ1n) is 7.31. The van der Waals surface area contributed by atoms with Crippen LogP contribution >= 0.6 is 11.6 Å². The van der Waals surface area contributed by atoms with Gasteiger partial charge in [0.25, 0.3) is 0 Å². The molecule has 0 saturated heterocycles. The van der Waals surface area contributed by atoms with Crippen molar-refractivity contribution in [3.05, 3.63) is 53.0 Å². The van der Waals surface area contributed by atoms with E-state index in [1.807, 2.05) is 6.92 Å². The standard InChI is InChI=1S/C15H14ClF2N7/c1-7(14-10(18)3-9(17)5-20-14)21-11-4-12(25-15(16)24-11)23-13-6-19-8(2)22-13/h3-7H,1-2H3,(H,19,22)(H2,21,23,24,25). The molecule has 0 saturated carbocycles. The fraction of sp³-hybridized carbons (Fsp3) is 0.200. The molecule has 3 heterocycles. The molecular formula is C15H14ClF2N7. The largest absolute Gasteiger partial charge is 0.362 e. The van der Waals surface area contributed by atoms with Crippen LogP contribution in [0, 0.1) is 18.6 Å². The van der Waals surface area contributed by atoms with Crippen LogP contribution in [0.1, 0.15) is 24.5 Å². The maximum atomic E-state index is 13.8. The van der Waals surface area contributed by atoms with Gasteiger partial charge in [-0.15, -0.1) is 0 Å². The molecule has 3 N–H and O–H groups in total. The second kappa shape index (κ2) is 6.98. The molecule has 3 aromatic heterocycles. The predicted octanol–water partition coefficient (Wildman–Crippen LogP) is 3.75. The Hall–Kier alpha value is -2.81. The number of aromatic nitrogens is 5. The molecule has 3 aromatic rings. The third kappa shape index (κ3) is 4.18. The van der Waals surface area contributed by atoms with E-state index in [9.17, 15) is 8.78 Å². The number of aromatic amines is 1. The van der Waals surface area contributed by atoms with E-state index >= 15 is 0 Å². The summed E-state index contributed by atoms with van der Waals surface area (Å²) in [6.07, 6.45) is 2.57. The number of anilines is 3. The molecule has 0 aliphatic rings. The third-order valence-electron chi connectivity index (χ3n) is 3.28. The molecule has 0 aliphatic carbocycles. The molecule has 0 spiro atoms. The van der Waals surface area contributed by atoms with Gasteiger partial charge in [0, 0.05) is 12.1 Å². The highest BCUT2D eigenvalue weighted by atomic mass is 35.5. The maximum Gasteiger partial charge on any atom is 0.226 e. The van der Waals surface area contributed by atoms with Gasteiger partial charge >= 0.3 is 0 Å². The van der Waals surface area contributed by atoms with Gasteiger partial charge < -0.3 is 15.6 Å². The van der Waals surface area contributed by atoms with Crippen molar-refractivity contribution in [2.45, 2.75) is 19.9 Å². The fourth-order valence-electron chi connectivity index (χ4n) is 2.21. The SMILES string of the molecule is Cc1ncc(Nc2cc(NC(C)c3ncc(F)cc3F)nc(Cl)n2)[nH]1. The Morgan fingerprint density at radius 1 is 1.12 bits per heavy atom. The van der Waals surface area contributed by atoms with E-state index in [-0.39, 0.29) is 11.0 Å². The number of aryl methyl sites for hydroxylation is 1. The molecule has 3 rings (SSSR count). The Kier molecular flexibility index (Phi) is 4.75. The predicted molar refractivity (Wildman–Crippen MR) is 89.8 cm³/mol. The lowest BCUT2D eigenvalue weighted by molar-refractivity contribution is 0.550. The van der Waals surface area contributed by atoms with Crippen LogP contribution in [0.5, 0.6) is 0 Å². The smallest absolute Gasteiger partial charge is 0.226 e. The number of pyridine rings is 1. The van der Waals surface area contributed by atoms with Gasteiger partial charge in [-0.2, -0.15) is 0 Å². The highest BCUT2D eigenvalue weighted by molar-refractivity contribution is 6.28. The summed E-state index contributed by atoms with van der Waals surface area (Å²) in [6.45, 7) is 3.49. The second-order valence-electron chi connectivity index (χ2n) is 5.30. The lowest BCUT2D eigenvalue weighted by Crippen LogP contribution is -2.12. The van der Waals surface area contributed by atoms with E-state index in [0.717, 1.165) is 18.1 Å². The zero-order chi connectivity index (χ0) is 18.0. The number of imidazole rings is 1. The van der Waals surface area contributed by atoms with Crippen LogP contribution in [0.4, 0.5) is 26.2 Å². The number of H-pyrrole nitrogens is 1. The molecule has 0 fully saturated rings. The molecular weight excluding hydrogens is 352 g/mol. The topological polar surface area (TPSA) is 91.4 Å². The molecule has 1 atom stereocenters. The minimum absolute atomic E-state index is 0.00322. The second-order valence-corrected chi connectivity index (χ2v) is 5.64. The molecule has 0 aromatic carbocycles. The van der Waals surface area contributed by atoms with E-state index in [0.29, 0.717) is 17.5 Å². The van der Waals surface area contributed by atoms with E-state index in [1.54, 1.807) is 19.2 Å². The monoisotopic (exact) mass is 365 g/mol. The van der Waals surface area contributed by atoms with E-state index in [1.165, 1.54) is 0 Å². The first-order chi connectivity index (χ1) is 11.9. The summed E-state index contributed by atoms with van der Waals surface area (Å²) >= 11 is 5.94. The van der Waals surface area contributed by atoms with Gasteiger partial charge in [0.1, 0.15) is 34.9 Å². The van der Waals surface area contributed by atoms with Crippen molar-refractivity contribution in [3.63, 3.8) is 0 Å². The molecule has 0 radical (unpaired) electrons. The van der Waals surface area contributed by atoms with Crippen molar-refractivity contribution in [1.82, 2.24) is 24.9 Å². The number of halogens is 3. The molecule has 1 unspecified atom stereocenters. The summed E-state index contributed by atoms with van der Waals surface area (Å²) in [6, 6.07) is 1.81. The van der Waals surface area contributed by atoms with Gasteiger partial charge in [-0.3, -0.25) is 4.98 Å². The third-order valence-corrected chi connectivity index (χ3v) is 3.44. The summed E-state index contributed by atoms with van der Waals surface area (Å²) in [5, 5.41) is 5.97. The van der Waals surface area contributed by atoms with Crippen LogP contribution in [0.25, 0.3) is 0 Å². The molecule has 7 nitrogen and oxygen atoms in total. The molecule has 130 valence electrons. The van der Waals surface area contributed by atoms with Crippen molar-refractivity contribution in [2.24, 2.45) is 0 Å². The molecule has 0 aliphatic heterocycles. The van der Waals surface area contributed by atoms with Gasteiger partial charge in [-0.1, -0.05) is 0 Å². The van der Waals surface area contributed by atoms with Crippen molar-refractivity contribution >= 4 is 29.1 Å². The zero-order valence-electron chi connectivity index (χ0n) is 13.3. The van der Waals surface area contributed by atoms with Crippen LogP contribution < -0.4 is 10.6 Å². The first-order valence-corrected chi connectivity index (χ1v) is 7.69. The van der Waals surface area contributed by atoms with Crippen LogP contribution in [-0.4, -0.2) is 24.9 Å². The first kappa shape index (κ1) is 17.0. The quantitative estimate of drug-likeness (QED) is 0.596. The Labute approximate surface area is 146 Å². The van der Waals surface area contributed by atoms with Gasteiger partial charge in [-0.25, -0.2) is 23.7 Å². The maximum absolute atomic E-state index is 13.8. The lowest BCUT2D eigenvalue weighted by Gasteiger charge is -2.15. The van der Waals surface area contributed by atoms with Crippen LogP contribution in [0.3, 0.4) is 0 Å². The van der Waals surface area contributed by atoms with Crippen molar-refractivity contribution in [3.8, 4) is 0 Å². The number of rotatable bonds is 5. The van der Waals surface area contributed by atoms with Gasteiger partial charge in [-0.05, 0) is 25.4 Å². The Morgan fingerprint density at radius 3 is 2.56 bits per heavy atom. The van der Waals surface area contributed by atoms with E-state index in [2.05, 4.69) is 35.6 Å². The lowest BCUT2D eigenvalue weighted by atomic mass is 10.2. The van der Waals surface area contributed by atoms with Crippen molar-refractivity contribution < 1.29 is 8.78 Å². The molecule has 25 heavy (non-hydrogen) atoms. The van der Waals surface area contributed by atoms with Gasteiger partial charge in [0.15, 0.2) is 0 Å². The summed E-state index contributed by atoms with van der Waals surface area (Å²) < 4.78 is 26.8. The summed E-state index contributed by atoms with van der Waals surface area (Å²) in [5.41, 5.74) is 0.0647. The average Bonchev–Trinajstić information content (AvgIpc) is 2.91. The minimum Gasteiger partial charge on any atom is -0.362 e. The van der Waals surface area contributed by atoms with Crippen molar-refractivity contribution in [1.29, 1.82) is 0 Å². The number of nitrogens with one attached hydrogen (secondary N) is 3. The molecule has 0 bridgehead atoms. The van der Waals surface area contributed by atoms with Gasteiger partial charge in [0.05, 0.1) is 24.1 Å². The minimum atomic E-state index is -0.744. The highest BCUT2D eigenvalue weighted by Crippen LogP contribution is 2.23. The molecule has 10 heteroatoms. The van der Waals surface area contributed by atoms with E-state index < -0.39 is 17.7 Å². The summed E-state index contributed by atoms with van der Waals surface area (Å²) in [7, 11) is 0. The molecule has 0 amide bonds. The number of hydrogen-bond acceptors (Lipinski definition) is 6. The Balaban J connectivity index is 1.80. The number of nitrogens with zero attached hydrogens (tertiary/aromatic N) is 4. The van der Waals surface area contributed by atoms with Crippen molar-refractivity contribution in [2.75, 3.05) is 10.6 Å². The summed E-state index contributed by atoms with van der Waals surface area (Å²) in [5.74, 6) is 0.680. The zero-order valence-corrected chi connectivity index (χ0v) is 14.1. The Bertz CT molecular complexity index is 899.